The molecule has 0 amide bonds. The second-order valence-electron chi connectivity index (χ2n) is 6.53. The summed E-state index contributed by atoms with van der Waals surface area (Å²) in [5, 5.41) is 9.76. The van der Waals surface area contributed by atoms with E-state index in [9.17, 15) is 5.11 Å². The summed E-state index contributed by atoms with van der Waals surface area (Å²) >= 11 is 0. The Morgan fingerprint density at radius 1 is 0.895 bits per heavy atom. The number of aliphatic hydroxyl groups is 1. The van der Waals surface area contributed by atoms with Gasteiger partial charge in [-0.1, -0.05) is 43.5 Å². The van der Waals surface area contributed by atoms with Crippen molar-refractivity contribution in [1.82, 2.24) is 0 Å². The van der Waals surface area contributed by atoms with Crippen LogP contribution in [0.25, 0.3) is 0 Å². The Balaban J connectivity index is 2.04. The van der Waals surface area contributed by atoms with Gasteiger partial charge in [-0.15, -0.1) is 0 Å². The molecule has 0 aromatic heterocycles. The van der Waals surface area contributed by atoms with Crippen LogP contribution < -0.4 is 5.73 Å². The zero-order valence-electron chi connectivity index (χ0n) is 11.7. The summed E-state index contributed by atoms with van der Waals surface area (Å²) in [5.74, 6) is 0. The fourth-order valence-electron chi connectivity index (χ4n) is 3.88. The van der Waals surface area contributed by atoms with Crippen LogP contribution in [-0.2, 0) is 10.8 Å². The second kappa shape index (κ2) is 4.92. The van der Waals surface area contributed by atoms with Crippen LogP contribution in [0.2, 0.25) is 0 Å². The Morgan fingerprint density at radius 3 is 1.95 bits per heavy atom. The Hall–Kier alpha value is -0.860. The number of benzene rings is 1. The maximum absolute atomic E-state index is 9.76. The van der Waals surface area contributed by atoms with Crippen LogP contribution >= 0.6 is 0 Å². The predicted molar refractivity (Wildman–Crippen MR) is 78.3 cm³/mol. The minimum atomic E-state index is 0.0518. The molecule has 0 unspecified atom stereocenters. The largest absolute Gasteiger partial charge is 0.395 e. The molecule has 2 fully saturated rings. The molecule has 3 N–H and O–H groups in total. The first-order valence-corrected chi connectivity index (χ1v) is 7.67. The van der Waals surface area contributed by atoms with E-state index in [4.69, 9.17) is 5.73 Å². The highest BCUT2D eigenvalue weighted by atomic mass is 16.3. The van der Waals surface area contributed by atoms with E-state index in [1.807, 2.05) is 0 Å². The van der Waals surface area contributed by atoms with Gasteiger partial charge in [0.1, 0.15) is 0 Å². The number of hydrogen-bond acceptors (Lipinski definition) is 2. The molecule has 0 radical (unpaired) electrons. The molecule has 0 bridgehead atoms. The summed E-state index contributed by atoms with van der Waals surface area (Å²) in [4.78, 5) is 0. The first-order valence-electron chi connectivity index (χ1n) is 7.67. The monoisotopic (exact) mass is 259 g/mol. The van der Waals surface area contributed by atoms with Gasteiger partial charge in [0.2, 0.25) is 0 Å². The number of aliphatic hydroxyl groups excluding tert-OH is 1. The molecule has 2 nitrogen and oxygen atoms in total. The van der Waals surface area contributed by atoms with Gasteiger partial charge in [0.15, 0.2) is 0 Å². The van der Waals surface area contributed by atoms with Gasteiger partial charge in [-0.2, -0.15) is 0 Å². The Labute approximate surface area is 116 Å². The quantitative estimate of drug-likeness (QED) is 0.873. The van der Waals surface area contributed by atoms with Crippen LogP contribution in [-0.4, -0.2) is 18.3 Å². The molecule has 0 heterocycles. The van der Waals surface area contributed by atoms with Crippen molar-refractivity contribution in [3.63, 3.8) is 0 Å². The smallest absolute Gasteiger partial charge is 0.0528 e. The number of rotatable bonds is 4. The molecule has 0 atom stereocenters. The Kier molecular flexibility index (Phi) is 3.40. The van der Waals surface area contributed by atoms with Crippen LogP contribution in [0.15, 0.2) is 24.3 Å². The van der Waals surface area contributed by atoms with Crippen LogP contribution in [0.4, 0.5) is 0 Å². The van der Waals surface area contributed by atoms with Gasteiger partial charge >= 0.3 is 0 Å². The molecule has 104 valence electrons. The molecular weight excluding hydrogens is 234 g/mol. The van der Waals surface area contributed by atoms with Gasteiger partial charge in [0.25, 0.3) is 0 Å². The lowest BCUT2D eigenvalue weighted by atomic mass is 9.66. The second-order valence-corrected chi connectivity index (χ2v) is 6.53. The Morgan fingerprint density at radius 2 is 1.47 bits per heavy atom. The molecular formula is C17H25NO. The minimum Gasteiger partial charge on any atom is -0.395 e. The highest BCUT2D eigenvalue weighted by Gasteiger charge is 2.47. The van der Waals surface area contributed by atoms with E-state index in [1.165, 1.54) is 43.2 Å². The number of nitrogens with two attached hydrogens (primary N) is 1. The average molecular weight is 259 g/mol. The molecule has 0 aliphatic heterocycles. The van der Waals surface area contributed by atoms with Crippen molar-refractivity contribution in [2.75, 3.05) is 13.2 Å². The van der Waals surface area contributed by atoms with Crippen LogP contribution in [0.1, 0.15) is 56.1 Å². The molecule has 19 heavy (non-hydrogen) atoms. The lowest BCUT2D eigenvalue weighted by Gasteiger charge is -2.39. The summed E-state index contributed by atoms with van der Waals surface area (Å²) in [6.45, 7) is 1.02. The lowest BCUT2D eigenvalue weighted by Crippen LogP contribution is -2.39. The summed E-state index contributed by atoms with van der Waals surface area (Å²) in [6.07, 6.45) is 8.59. The zero-order valence-corrected chi connectivity index (χ0v) is 11.7. The third-order valence-electron chi connectivity index (χ3n) is 5.43. The van der Waals surface area contributed by atoms with E-state index >= 15 is 0 Å². The van der Waals surface area contributed by atoms with E-state index in [0.29, 0.717) is 0 Å². The molecule has 1 aromatic rings. The molecule has 1 aromatic carbocycles. The zero-order chi connectivity index (χ0) is 13.3. The van der Waals surface area contributed by atoms with E-state index in [2.05, 4.69) is 24.3 Å². The van der Waals surface area contributed by atoms with Gasteiger partial charge in [-0.05, 0) is 36.8 Å². The van der Waals surface area contributed by atoms with Crippen molar-refractivity contribution in [1.29, 1.82) is 0 Å². The average Bonchev–Trinajstić information content (AvgIpc) is 3.29. The van der Waals surface area contributed by atoms with Crippen molar-refractivity contribution in [3.8, 4) is 0 Å². The molecule has 0 spiro atoms. The minimum absolute atomic E-state index is 0.0518. The maximum Gasteiger partial charge on any atom is 0.0528 e. The molecule has 2 aliphatic carbocycles. The molecule has 2 aliphatic rings. The molecule has 3 rings (SSSR count). The van der Waals surface area contributed by atoms with Crippen LogP contribution in [0, 0.1) is 0 Å². The van der Waals surface area contributed by atoms with Crippen molar-refractivity contribution in [2.24, 2.45) is 5.73 Å². The molecule has 0 saturated heterocycles. The predicted octanol–water partition coefficient (Wildman–Crippen LogP) is 2.87. The van der Waals surface area contributed by atoms with Crippen molar-refractivity contribution in [3.05, 3.63) is 35.4 Å². The summed E-state index contributed by atoms with van der Waals surface area (Å²) < 4.78 is 0. The first kappa shape index (κ1) is 13.1. The normalized spacial score (nSPS) is 24.1. The van der Waals surface area contributed by atoms with Gasteiger partial charge in [-0.25, -0.2) is 0 Å². The van der Waals surface area contributed by atoms with Crippen molar-refractivity contribution >= 4 is 0 Å². The van der Waals surface area contributed by atoms with E-state index in [0.717, 1.165) is 19.4 Å². The van der Waals surface area contributed by atoms with Crippen molar-refractivity contribution < 1.29 is 5.11 Å². The topological polar surface area (TPSA) is 46.2 Å². The SMILES string of the molecule is NCC1(c2ccccc2C2(CO)CC2)CCCCC1. The summed E-state index contributed by atoms with van der Waals surface area (Å²) in [5.41, 5.74) is 9.21. The number of hydrogen-bond donors (Lipinski definition) is 2. The van der Waals surface area contributed by atoms with Gasteiger partial charge < -0.3 is 10.8 Å². The van der Waals surface area contributed by atoms with Crippen molar-refractivity contribution in [2.45, 2.75) is 55.8 Å². The summed E-state index contributed by atoms with van der Waals surface area (Å²) in [6, 6.07) is 8.74. The van der Waals surface area contributed by atoms with E-state index < -0.39 is 0 Å². The van der Waals surface area contributed by atoms with E-state index in [-0.39, 0.29) is 17.4 Å². The lowest BCUT2D eigenvalue weighted by molar-refractivity contribution is 0.248. The third-order valence-corrected chi connectivity index (χ3v) is 5.43. The highest BCUT2D eigenvalue weighted by Crippen LogP contribution is 2.52. The Bertz CT molecular complexity index is 444. The fourth-order valence-corrected chi connectivity index (χ4v) is 3.88. The third kappa shape index (κ3) is 2.11. The van der Waals surface area contributed by atoms with Gasteiger partial charge in [0.05, 0.1) is 6.61 Å². The maximum atomic E-state index is 9.76. The highest BCUT2D eigenvalue weighted by molar-refractivity contribution is 5.43. The standard InChI is InChI=1S/C17H25NO/c18-12-16(8-4-1-5-9-16)14-6-2-3-7-15(14)17(13-19)10-11-17/h2-3,6-7,19H,1,4-5,8-13,18H2. The first-order chi connectivity index (χ1) is 9.26. The molecule has 2 heteroatoms. The van der Waals surface area contributed by atoms with E-state index in [1.54, 1.807) is 0 Å². The summed E-state index contributed by atoms with van der Waals surface area (Å²) in [7, 11) is 0. The van der Waals surface area contributed by atoms with Crippen LogP contribution in [0.3, 0.4) is 0 Å². The van der Waals surface area contributed by atoms with Crippen LogP contribution in [0.5, 0.6) is 0 Å². The fraction of sp³-hybridized carbons (Fsp3) is 0.647. The van der Waals surface area contributed by atoms with Gasteiger partial charge in [0, 0.05) is 17.4 Å². The van der Waals surface area contributed by atoms with Gasteiger partial charge in [-0.3, -0.25) is 0 Å². The molecule has 2 saturated carbocycles.